The predicted octanol–water partition coefficient (Wildman–Crippen LogP) is 1.22. The van der Waals surface area contributed by atoms with Crippen molar-refractivity contribution in [1.29, 1.82) is 0 Å². The summed E-state index contributed by atoms with van der Waals surface area (Å²) in [5, 5.41) is 6.78. The lowest BCUT2D eigenvalue weighted by atomic mass is 9.88. The van der Waals surface area contributed by atoms with Crippen LogP contribution in [0.15, 0.2) is 4.99 Å². The molecule has 0 aromatic rings. The quantitative estimate of drug-likeness (QED) is 0.544. The van der Waals surface area contributed by atoms with Gasteiger partial charge in [-0.2, -0.15) is 0 Å². The van der Waals surface area contributed by atoms with Crippen LogP contribution in [0, 0.1) is 0 Å². The molecule has 2 aliphatic heterocycles. The number of nitrogens with zero attached hydrogens (tertiary/aromatic N) is 2. The lowest BCUT2D eigenvalue weighted by molar-refractivity contribution is -0.0139. The Morgan fingerprint density at radius 3 is 2.61 bits per heavy atom. The number of methoxy groups -OCH3 is 1. The summed E-state index contributed by atoms with van der Waals surface area (Å²) in [6.07, 6.45) is 4.80. The van der Waals surface area contributed by atoms with Crippen molar-refractivity contribution >= 4 is 5.96 Å². The number of aliphatic imine (C=N–C) groups is 1. The van der Waals surface area contributed by atoms with E-state index in [4.69, 9.17) is 14.5 Å². The Labute approximate surface area is 141 Å². The summed E-state index contributed by atoms with van der Waals surface area (Å²) < 4.78 is 10.8. The highest BCUT2D eigenvalue weighted by Gasteiger charge is 2.39. The van der Waals surface area contributed by atoms with Crippen molar-refractivity contribution < 1.29 is 9.47 Å². The van der Waals surface area contributed by atoms with Crippen LogP contribution in [0.5, 0.6) is 0 Å². The second-order valence-corrected chi connectivity index (χ2v) is 6.73. The van der Waals surface area contributed by atoms with Gasteiger partial charge in [-0.1, -0.05) is 0 Å². The average Bonchev–Trinajstić information content (AvgIpc) is 3.09. The number of rotatable bonds is 7. The van der Waals surface area contributed by atoms with Crippen LogP contribution in [-0.4, -0.2) is 75.5 Å². The van der Waals surface area contributed by atoms with Crippen molar-refractivity contribution in [2.75, 3.05) is 53.1 Å². The first kappa shape index (κ1) is 18.5. The Morgan fingerprint density at radius 2 is 2.00 bits per heavy atom. The smallest absolute Gasteiger partial charge is 0.191 e. The summed E-state index contributed by atoms with van der Waals surface area (Å²) in [5.41, 5.74) is 0.182. The third-order valence-electron chi connectivity index (χ3n) is 4.88. The maximum absolute atomic E-state index is 5.61. The minimum atomic E-state index is 0.182. The molecule has 0 amide bonds. The van der Waals surface area contributed by atoms with E-state index in [9.17, 15) is 0 Å². The first-order valence-corrected chi connectivity index (χ1v) is 9.07. The molecule has 1 atom stereocenters. The number of likely N-dealkylation sites (tertiary alicyclic amines) is 1. The van der Waals surface area contributed by atoms with Crippen LogP contribution >= 0.6 is 0 Å². The molecule has 2 heterocycles. The van der Waals surface area contributed by atoms with E-state index in [0.29, 0.717) is 6.61 Å². The maximum atomic E-state index is 5.61. The van der Waals surface area contributed by atoms with E-state index in [1.165, 1.54) is 25.9 Å². The van der Waals surface area contributed by atoms with Crippen LogP contribution < -0.4 is 10.6 Å². The Bertz CT molecular complexity index is 364. The zero-order valence-corrected chi connectivity index (χ0v) is 15.1. The molecule has 6 heteroatoms. The van der Waals surface area contributed by atoms with E-state index in [1.54, 1.807) is 7.11 Å². The molecule has 0 spiro atoms. The predicted molar refractivity (Wildman–Crippen MR) is 94.0 cm³/mol. The van der Waals surface area contributed by atoms with Crippen molar-refractivity contribution in [2.24, 2.45) is 4.99 Å². The SMILES string of the molecule is CCNC(=NCC1(N2CCCC2)CCOCC1)NC(C)COC. The molecule has 0 aromatic carbocycles. The molecule has 2 aliphatic rings. The van der Waals surface area contributed by atoms with Gasteiger partial charge >= 0.3 is 0 Å². The zero-order chi connectivity index (χ0) is 16.5. The van der Waals surface area contributed by atoms with Gasteiger partial charge in [0.15, 0.2) is 5.96 Å². The molecule has 0 saturated carbocycles. The Kier molecular flexibility index (Phi) is 7.59. The first-order chi connectivity index (χ1) is 11.2. The summed E-state index contributed by atoms with van der Waals surface area (Å²) in [4.78, 5) is 7.57. The van der Waals surface area contributed by atoms with E-state index in [1.807, 2.05) is 0 Å². The van der Waals surface area contributed by atoms with Crippen LogP contribution in [0.1, 0.15) is 39.5 Å². The highest BCUT2D eigenvalue weighted by Crippen LogP contribution is 2.31. The summed E-state index contributed by atoms with van der Waals surface area (Å²) in [6, 6.07) is 0.246. The molecular formula is C17H34N4O2. The summed E-state index contributed by atoms with van der Waals surface area (Å²) in [5.74, 6) is 0.891. The van der Waals surface area contributed by atoms with Crippen LogP contribution in [-0.2, 0) is 9.47 Å². The van der Waals surface area contributed by atoms with Gasteiger partial charge in [0.05, 0.1) is 13.2 Å². The molecule has 0 aliphatic carbocycles. The molecule has 2 saturated heterocycles. The first-order valence-electron chi connectivity index (χ1n) is 9.07. The highest BCUT2D eigenvalue weighted by molar-refractivity contribution is 5.80. The monoisotopic (exact) mass is 326 g/mol. The number of hydrogen-bond donors (Lipinski definition) is 2. The summed E-state index contributed by atoms with van der Waals surface area (Å²) >= 11 is 0. The van der Waals surface area contributed by atoms with Gasteiger partial charge in [0.1, 0.15) is 0 Å². The van der Waals surface area contributed by atoms with Gasteiger partial charge in [-0.15, -0.1) is 0 Å². The van der Waals surface area contributed by atoms with Gasteiger partial charge in [0.25, 0.3) is 0 Å². The van der Waals surface area contributed by atoms with Crippen LogP contribution in [0.4, 0.5) is 0 Å². The molecular weight excluding hydrogens is 292 g/mol. The minimum absolute atomic E-state index is 0.182. The lowest BCUT2D eigenvalue weighted by Crippen LogP contribution is -2.54. The fraction of sp³-hybridized carbons (Fsp3) is 0.941. The molecule has 2 fully saturated rings. The highest BCUT2D eigenvalue weighted by atomic mass is 16.5. The third kappa shape index (κ3) is 5.33. The van der Waals surface area contributed by atoms with Crippen LogP contribution in [0.2, 0.25) is 0 Å². The van der Waals surface area contributed by atoms with E-state index >= 15 is 0 Å². The van der Waals surface area contributed by atoms with E-state index in [0.717, 1.165) is 45.1 Å². The molecule has 134 valence electrons. The third-order valence-corrected chi connectivity index (χ3v) is 4.88. The largest absolute Gasteiger partial charge is 0.383 e. The summed E-state index contributed by atoms with van der Waals surface area (Å²) in [7, 11) is 1.73. The fourth-order valence-corrected chi connectivity index (χ4v) is 3.59. The maximum Gasteiger partial charge on any atom is 0.191 e. The van der Waals surface area contributed by atoms with Crippen LogP contribution in [0.3, 0.4) is 0 Å². The molecule has 6 nitrogen and oxygen atoms in total. The summed E-state index contributed by atoms with van der Waals surface area (Å²) in [6.45, 7) is 10.7. The minimum Gasteiger partial charge on any atom is -0.383 e. The van der Waals surface area contributed by atoms with Crippen LogP contribution in [0.25, 0.3) is 0 Å². The van der Waals surface area contributed by atoms with Crippen molar-refractivity contribution in [3.63, 3.8) is 0 Å². The van der Waals surface area contributed by atoms with Crippen molar-refractivity contribution in [2.45, 2.75) is 51.1 Å². The van der Waals surface area contributed by atoms with E-state index in [2.05, 4.69) is 29.4 Å². The lowest BCUT2D eigenvalue weighted by Gasteiger charge is -2.43. The molecule has 23 heavy (non-hydrogen) atoms. The van der Waals surface area contributed by atoms with Gasteiger partial charge < -0.3 is 20.1 Å². The fourth-order valence-electron chi connectivity index (χ4n) is 3.59. The van der Waals surface area contributed by atoms with Gasteiger partial charge in [-0.25, -0.2) is 0 Å². The number of nitrogens with one attached hydrogen (secondary N) is 2. The van der Waals surface area contributed by atoms with E-state index in [-0.39, 0.29) is 11.6 Å². The molecule has 2 rings (SSSR count). The second-order valence-electron chi connectivity index (χ2n) is 6.73. The van der Waals surface area contributed by atoms with E-state index < -0.39 is 0 Å². The zero-order valence-electron chi connectivity index (χ0n) is 15.1. The van der Waals surface area contributed by atoms with Gasteiger partial charge in [0, 0.05) is 38.4 Å². The molecule has 1 unspecified atom stereocenters. The Balaban J connectivity index is 2.03. The molecule has 0 aromatic heterocycles. The molecule has 0 radical (unpaired) electrons. The number of hydrogen-bond acceptors (Lipinski definition) is 4. The molecule has 0 bridgehead atoms. The standard InChI is InChI=1S/C17H34N4O2/c1-4-18-16(20-15(2)13-22-3)19-14-17(7-11-23-12-8-17)21-9-5-6-10-21/h15H,4-14H2,1-3H3,(H2,18,19,20). The van der Waals surface area contributed by atoms with Gasteiger partial charge in [-0.3, -0.25) is 9.89 Å². The topological polar surface area (TPSA) is 58.1 Å². The van der Waals surface area contributed by atoms with Crippen molar-refractivity contribution in [3.8, 4) is 0 Å². The average molecular weight is 326 g/mol. The molecule has 2 N–H and O–H groups in total. The van der Waals surface area contributed by atoms with Gasteiger partial charge in [-0.05, 0) is 52.6 Å². The Morgan fingerprint density at radius 1 is 1.30 bits per heavy atom. The number of guanidine groups is 1. The van der Waals surface area contributed by atoms with Crippen molar-refractivity contribution in [3.05, 3.63) is 0 Å². The number of ether oxygens (including phenoxy) is 2. The van der Waals surface area contributed by atoms with Gasteiger partial charge in [0.2, 0.25) is 0 Å². The normalized spacial score (nSPS) is 23.7. The second kappa shape index (κ2) is 9.45. The van der Waals surface area contributed by atoms with Crippen molar-refractivity contribution in [1.82, 2.24) is 15.5 Å². The Hall–Kier alpha value is -0.850.